The Hall–Kier alpha value is -3.12. The molecule has 0 aliphatic rings. The predicted molar refractivity (Wildman–Crippen MR) is 117 cm³/mol. The van der Waals surface area contributed by atoms with Gasteiger partial charge in [0.05, 0.1) is 16.2 Å². The first kappa shape index (κ1) is 22.1. The van der Waals surface area contributed by atoms with Gasteiger partial charge in [-0.05, 0) is 37.3 Å². The number of carbonyl (C=O) groups is 1. The second-order valence-electron chi connectivity index (χ2n) is 6.69. The molecule has 0 saturated heterocycles. The summed E-state index contributed by atoms with van der Waals surface area (Å²) >= 11 is 1.10. The van der Waals surface area contributed by atoms with Crippen molar-refractivity contribution in [3.05, 3.63) is 48.5 Å². The lowest BCUT2D eigenvalue weighted by Gasteiger charge is -2.07. The van der Waals surface area contributed by atoms with Crippen molar-refractivity contribution in [2.24, 2.45) is 0 Å². The van der Waals surface area contributed by atoms with Crippen molar-refractivity contribution < 1.29 is 22.0 Å². The van der Waals surface area contributed by atoms with Crippen LogP contribution in [0, 0.1) is 0 Å². The van der Waals surface area contributed by atoms with Crippen LogP contribution in [0.3, 0.4) is 0 Å². The second-order valence-corrected chi connectivity index (χ2v) is 9.56. The SMILES string of the molecule is CCn1c2ccccc2c2nnc(SCC(=O)Nc3ccc(S(=O)(=O)C(F)F)cc3)nc21. The smallest absolute Gasteiger partial charge is 0.325 e. The average molecular weight is 478 g/mol. The minimum atomic E-state index is -4.68. The van der Waals surface area contributed by atoms with Crippen molar-refractivity contribution in [2.45, 2.75) is 29.3 Å². The van der Waals surface area contributed by atoms with Crippen LogP contribution in [-0.4, -0.2) is 45.6 Å². The van der Waals surface area contributed by atoms with Crippen LogP contribution in [0.15, 0.2) is 58.6 Å². The molecule has 0 bridgehead atoms. The third-order valence-corrected chi connectivity index (χ3v) is 6.94. The summed E-state index contributed by atoms with van der Waals surface area (Å²) < 4.78 is 50.1. The lowest BCUT2D eigenvalue weighted by Crippen LogP contribution is -2.15. The fourth-order valence-corrected chi connectivity index (χ4v) is 4.53. The van der Waals surface area contributed by atoms with Crippen LogP contribution < -0.4 is 5.32 Å². The van der Waals surface area contributed by atoms with Gasteiger partial charge in [-0.3, -0.25) is 4.79 Å². The molecule has 2 heterocycles. The van der Waals surface area contributed by atoms with Gasteiger partial charge < -0.3 is 9.88 Å². The summed E-state index contributed by atoms with van der Waals surface area (Å²) in [5, 5.41) is 12.3. The van der Waals surface area contributed by atoms with Crippen LogP contribution in [0.4, 0.5) is 14.5 Å². The van der Waals surface area contributed by atoms with Crippen LogP contribution >= 0.6 is 11.8 Å². The lowest BCUT2D eigenvalue weighted by atomic mass is 10.2. The number of aryl methyl sites for hydroxylation is 1. The molecule has 0 radical (unpaired) electrons. The summed E-state index contributed by atoms with van der Waals surface area (Å²) in [6.45, 7) is 2.71. The van der Waals surface area contributed by atoms with E-state index in [1.807, 2.05) is 35.8 Å². The van der Waals surface area contributed by atoms with E-state index >= 15 is 0 Å². The minimum Gasteiger partial charge on any atom is -0.325 e. The third kappa shape index (κ3) is 4.15. The zero-order valence-corrected chi connectivity index (χ0v) is 18.3. The van der Waals surface area contributed by atoms with E-state index in [2.05, 4.69) is 20.5 Å². The monoisotopic (exact) mass is 477 g/mol. The van der Waals surface area contributed by atoms with Gasteiger partial charge >= 0.3 is 5.76 Å². The zero-order valence-electron chi connectivity index (χ0n) is 16.7. The average Bonchev–Trinajstić information content (AvgIpc) is 3.11. The number of nitrogens with one attached hydrogen (secondary N) is 1. The normalized spacial score (nSPS) is 12.0. The number of aromatic nitrogens is 4. The maximum Gasteiger partial charge on any atom is 0.341 e. The second kappa shape index (κ2) is 8.79. The predicted octanol–water partition coefficient (Wildman–Crippen LogP) is 3.73. The summed E-state index contributed by atoms with van der Waals surface area (Å²) in [6.07, 6.45) is 0. The van der Waals surface area contributed by atoms with E-state index in [0.29, 0.717) is 22.9 Å². The van der Waals surface area contributed by atoms with Crippen molar-refractivity contribution in [3.63, 3.8) is 0 Å². The molecule has 2 aromatic heterocycles. The van der Waals surface area contributed by atoms with Gasteiger partial charge in [-0.1, -0.05) is 30.0 Å². The van der Waals surface area contributed by atoms with Crippen LogP contribution in [0.2, 0.25) is 0 Å². The lowest BCUT2D eigenvalue weighted by molar-refractivity contribution is -0.113. The number of halogens is 2. The number of rotatable bonds is 7. The number of alkyl halides is 2. The number of amides is 1. The first-order chi connectivity index (χ1) is 15.3. The molecule has 2 aromatic carbocycles. The Labute approximate surface area is 186 Å². The van der Waals surface area contributed by atoms with Crippen molar-refractivity contribution in [3.8, 4) is 0 Å². The first-order valence-electron chi connectivity index (χ1n) is 9.47. The maximum atomic E-state index is 12.6. The van der Waals surface area contributed by atoms with Crippen molar-refractivity contribution in [2.75, 3.05) is 11.1 Å². The number of benzene rings is 2. The van der Waals surface area contributed by atoms with Gasteiger partial charge in [-0.15, -0.1) is 10.2 Å². The minimum absolute atomic E-state index is 0.0172. The Balaban J connectivity index is 1.45. The van der Waals surface area contributed by atoms with Crippen LogP contribution in [0.1, 0.15) is 6.92 Å². The van der Waals surface area contributed by atoms with E-state index < -0.39 is 20.5 Å². The molecule has 1 amide bonds. The Morgan fingerprint density at radius 2 is 1.84 bits per heavy atom. The van der Waals surface area contributed by atoms with Gasteiger partial charge in [0.15, 0.2) is 5.65 Å². The molecule has 166 valence electrons. The van der Waals surface area contributed by atoms with Gasteiger partial charge in [0.1, 0.15) is 5.52 Å². The topological polar surface area (TPSA) is 107 Å². The summed E-state index contributed by atoms with van der Waals surface area (Å²) in [4.78, 5) is 16.3. The Kier molecular flexibility index (Phi) is 6.07. The highest BCUT2D eigenvalue weighted by Gasteiger charge is 2.26. The third-order valence-electron chi connectivity index (χ3n) is 4.70. The molecule has 0 spiro atoms. The summed E-state index contributed by atoms with van der Waals surface area (Å²) in [5.41, 5.74) is 2.66. The number of sulfone groups is 1. The van der Waals surface area contributed by atoms with Crippen LogP contribution in [0.5, 0.6) is 0 Å². The molecule has 1 N–H and O–H groups in total. The number of carbonyl (C=O) groups excluding carboxylic acids is 1. The molecule has 0 fully saturated rings. The van der Waals surface area contributed by atoms with Gasteiger partial charge in [-0.25, -0.2) is 13.4 Å². The maximum absolute atomic E-state index is 12.6. The number of hydrogen-bond acceptors (Lipinski definition) is 7. The first-order valence-corrected chi connectivity index (χ1v) is 12.0. The number of fused-ring (bicyclic) bond motifs is 3. The van der Waals surface area contributed by atoms with Crippen molar-refractivity contribution in [1.82, 2.24) is 19.7 Å². The van der Waals surface area contributed by atoms with E-state index in [4.69, 9.17) is 0 Å². The molecule has 4 rings (SSSR count). The highest BCUT2D eigenvalue weighted by atomic mass is 32.2. The molecule has 12 heteroatoms. The standard InChI is InChI=1S/C20H17F2N5O3S2/c1-2-27-15-6-4-3-5-14(15)17-18(27)24-20(26-25-17)31-11-16(28)23-12-7-9-13(10-8-12)32(29,30)19(21)22/h3-10,19H,2,11H2,1H3,(H,23,28). The number of anilines is 1. The number of hydrogen-bond donors (Lipinski definition) is 1. The van der Waals surface area contributed by atoms with E-state index in [1.54, 1.807) is 0 Å². The number of para-hydroxylation sites is 1. The van der Waals surface area contributed by atoms with Gasteiger partial charge in [0.25, 0.3) is 0 Å². The fraction of sp³-hybridized carbons (Fsp3) is 0.200. The van der Waals surface area contributed by atoms with Gasteiger partial charge in [0.2, 0.25) is 20.9 Å². The highest BCUT2D eigenvalue weighted by molar-refractivity contribution is 7.99. The van der Waals surface area contributed by atoms with Crippen molar-refractivity contribution in [1.29, 1.82) is 0 Å². The van der Waals surface area contributed by atoms with E-state index in [0.717, 1.165) is 34.8 Å². The number of thioether (sulfide) groups is 1. The fourth-order valence-electron chi connectivity index (χ4n) is 3.23. The quantitative estimate of drug-likeness (QED) is 0.404. The molecule has 32 heavy (non-hydrogen) atoms. The van der Waals surface area contributed by atoms with Gasteiger partial charge in [-0.2, -0.15) is 8.78 Å². The Bertz CT molecular complexity index is 1410. The molecular formula is C20H17F2N5O3S2. The Morgan fingerprint density at radius 3 is 2.53 bits per heavy atom. The molecule has 0 atom stereocenters. The molecular weight excluding hydrogens is 460 g/mol. The summed E-state index contributed by atoms with van der Waals surface area (Å²) in [6, 6.07) is 12.4. The molecule has 0 aliphatic carbocycles. The van der Waals surface area contributed by atoms with E-state index in [1.165, 1.54) is 12.1 Å². The highest BCUT2D eigenvalue weighted by Crippen LogP contribution is 2.27. The largest absolute Gasteiger partial charge is 0.341 e. The molecule has 0 aliphatic heterocycles. The number of nitrogens with zero attached hydrogens (tertiary/aromatic N) is 4. The summed E-state index contributed by atoms with van der Waals surface area (Å²) in [7, 11) is -4.68. The zero-order chi connectivity index (χ0) is 22.9. The van der Waals surface area contributed by atoms with E-state index in [9.17, 15) is 22.0 Å². The van der Waals surface area contributed by atoms with Crippen molar-refractivity contribution >= 4 is 55.3 Å². The van der Waals surface area contributed by atoms with Crippen LogP contribution in [-0.2, 0) is 21.2 Å². The molecule has 4 aromatic rings. The summed E-state index contributed by atoms with van der Waals surface area (Å²) in [5.74, 6) is -3.91. The van der Waals surface area contributed by atoms with Crippen LogP contribution in [0.25, 0.3) is 22.1 Å². The Morgan fingerprint density at radius 1 is 1.12 bits per heavy atom. The molecule has 0 unspecified atom stereocenters. The van der Waals surface area contributed by atoms with Gasteiger partial charge in [0, 0.05) is 17.6 Å². The molecule has 8 nitrogen and oxygen atoms in total. The molecule has 0 saturated carbocycles. The van der Waals surface area contributed by atoms with E-state index in [-0.39, 0.29) is 17.3 Å².